The van der Waals surface area contributed by atoms with Gasteiger partial charge in [0.25, 0.3) is 0 Å². The zero-order valence-electron chi connectivity index (χ0n) is 7.10. The van der Waals surface area contributed by atoms with Gasteiger partial charge >= 0.3 is 0 Å². The number of nitrogens with zero attached hydrogens (tertiary/aromatic N) is 1. The molecule has 0 aromatic heterocycles. The second kappa shape index (κ2) is 5.10. The molecule has 0 spiro atoms. The molecule has 0 radical (unpaired) electrons. The summed E-state index contributed by atoms with van der Waals surface area (Å²) in [4.78, 5) is 0. The SMILES string of the molecule is CC[SiH2][SiH2]N1CCCCC1. The Hall–Kier alpha value is 0.394. The molecular formula is C7H19NSi2. The van der Waals surface area contributed by atoms with Gasteiger partial charge in [-0.3, -0.25) is 0 Å². The zero-order valence-corrected chi connectivity index (χ0v) is 9.93. The van der Waals surface area contributed by atoms with Crippen molar-refractivity contribution in [3.8, 4) is 0 Å². The lowest BCUT2D eigenvalue weighted by Crippen LogP contribution is -2.36. The minimum Gasteiger partial charge on any atom is -0.332 e. The van der Waals surface area contributed by atoms with E-state index in [0.29, 0.717) is 18.2 Å². The van der Waals surface area contributed by atoms with Crippen molar-refractivity contribution in [1.29, 1.82) is 0 Å². The molecule has 1 nitrogen and oxygen atoms in total. The molecular weight excluding hydrogens is 154 g/mol. The first-order chi connectivity index (χ1) is 4.93. The predicted octanol–water partition coefficient (Wildman–Crippen LogP) is 0.0781. The van der Waals surface area contributed by atoms with Gasteiger partial charge in [0.15, 0.2) is 0 Å². The Bertz CT molecular complexity index is 81.7. The highest BCUT2D eigenvalue weighted by Crippen LogP contribution is 2.06. The minimum atomic E-state index is 0.338. The number of rotatable bonds is 3. The summed E-state index contributed by atoms with van der Waals surface area (Å²) in [6, 6.07) is 1.54. The zero-order chi connectivity index (χ0) is 7.23. The molecule has 10 heavy (non-hydrogen) atoms. The Morgan fingerprint density at radius 2 is 1.90 bits per heavy atom. The maximum atomic E-state index is 2.80. The van der Waals surface area contributed by atoms with E-state index in [1.165, 1.54) is 32.4 Å². The Kier molecular flexibility index (Phi) is 4.33. The standard InChI is InChI=1S/C7H19NSi2/c1-2-9-10-8-6-4-3-5-7-8/h2-7,9-10H2,1H3. The van der Waals surface area contributed by atoms with Crippen molar-refractivity contribution < 1.29 is 0 Å². The first-order valence-corrected chi connectivity index (χ1v) is 10.3. The van der Waals surface area contributed by atoms with E-state index in [4.69, 9.17) is 0 Å². The van der Waals surface area contributed by atoms with Crippen LogP contribution in [-0.4, -0.2) is 35.9 Å². The molecule has 1 aliphatic rings. The van der Waals surface area contributed by atoms with E-state index in [0.717, 1.165) is 0 Å². The fourth-order valence-electron chi connectivity index (χ4n) is 1.56. The Morgan fingerprint density at radius 1 is 1.20 bits per heavy atom. The molecule has 0 unspecified atom stereocenters. The molecule has 1 saturated heterocycles. The summed E-state index contributed by atoms with van der Waals surface area (Å²) in [6.45, 7) is 5.28. The van der Waals surface area contributed by atoms with Gasteiger partial charge in [0.05, 0.1) is 9.20 Å². The number of hydrogen-bond donors (Lipinski definition) is 0. The molecule has 0 N–H and O–H groups in total. The molecule has 0 aliphatic carbocycles. The van der Waals surface area contributed by atoms with Crippen LogP contribution in [0.5, 0.6) is 0 Å². The van der Waals surface area contributed by atoms with Crippen LogP contribution in [0.1, 0.15) is 26.2 Å². The lowest BCUT2D eigenvalue weighted by molar-refractivity contribution is 0.365. The number of piperidine rings is 1. The van der Waals surface area contributed by atoms with Gasteiger partial charge in [-0.25, -0.2) is 0 Å². The van der Waals surface area contributed by atoms with E-state index >= 15 is 0 Å². The monoisotopic (exact) mass is 173 g/mol. The van der Waals surface area contributed by atoms with Gasteiger partial charge < -0.3 is 4.57 Å². The molecule has 60 valence electrons. The van der Waals surface area contributed by atoms with E-state index < -0.39 is 0 Å². The van der Waals surface area contributed by atoms with Gasteiger partial charge in [0.1, 0.15) is 0 Å². The third-order valence-corrected chi connectivity index (χ3v) is 9.53. The largest absolute Gasteiger partial charge is 0.332 e. The fourth-order valence-corrected chi connectivity index (χ4v) is 6.85. The van der Waals surface area contributed by atoms with Gasteiger partial charge in [-0.15, -0.1) is 0 Å². The van der Waals surface area contributed by atoms with Crippen molar-refractivity contribution in [1.82, 2.24) is 4.57 Å². The summed E-state index contributed by atoms with van der Waals surface area (Å²) in [6.07, 6.45) is 4.48. The van der Waals surface area contributed by atoms with Crippen LogP contribution in [0.4, 0.5) is 0 Å². The van der Waals surface area contributed by atoms with Crippen LogP contribution >= 0.6 is 0 Å². The summed E-state index contributed by atoms with van der Waals surface area (Å²) < 4.78 is 2.80. The van der Waals surface area contributed by atoms with Gasteiger partial charge in [0, 0.05) is 9.04 Å². The Morgan fingerprint density at radius 3 is 2.50 bits per heavy atom. The van der Waals surface area contributed by atoms with Crippen molar-refractivity contribution in [2.75, 3.05) is 13.1 Å². The van der Waals surface area contributed by atoms with Gasteiger partial charge in [0.2, 0.25) is 0 Å². The molecule has 1 rings (SSSR count). The van der Waals surface area contributed by atoms with E-state index in [2.05, 4.69) is 11.5 Å². The lowest BCUT2D eigenvalue weighted by atomic mass is 10.2. The first-order valence-electron chi connectivity index (χ1n) is 4.66. The molecule has 0 bridgehead atoms. The minimum absolute atomic E-state index is 0.338. The molecule has 1 fully saturated rings. The van der Waals surface area contributed by atoms with Crippen LogP contribution in [0.2, 0.25) is 6.04 Å². The Labute approximate surface area is 68.7 Å². The van der Waals surface area contributed by atoms with Crippen molar-refractivity contribution in [2.45, 2.75) is 32.2 Å². The lowest BCUT2D eigenvalue weighted by Gasteiger charge is -2.25. The third kappa shape index (κ3) is 2.99. The van der Waals surface area contributed by atoms with E-state index in [1.807, 2.05) is 0 Å². The molecule has 1 aliphatic heterocycles. The second-order valence-corrected chi connectivity index (χ2v) is 9.77. The van der Waals surface area contributed by atoms with E-state index in [1.54, 1.807) is 6.04 Å². The molecule has 3 heteroatoms. The number of hydrogen-bond acceptors (Lipinski definition) is 1. The van der Waals surface area contributed by atoms with Crippen molar-refractivity contribution in [2.24, 2.45) is 0 Å². The smallest absolute Gasteiger partial charge is 0.0794 e. The summed E-state index contributed by atoms with van der Waals surface area (Å²) in [5.41, 5.74) is 0. The maximum absolute atomic E-state index is 2.80. The highest BCUT2D eigenvalue weighted by atomic mass is 29.1. The topological polar surface area (TPSA) is 3.24 Å². The molecule has 0 amide bonds. The van der Waals surface area contributed by atoms with Crippen molar-refractivity contribution in [3.05, 3.63) is 0 Å². The third-order valence-electron chi connectivity index (χ3n) is 2.28. The first kappa shape index (κ1) is 8.49. The average Bonchev–Trinajstić information content (AvgIpc) is 2.03. The molecule has 0 aromatic rings. The molecule has 0 aromatic carbocycles. The Balaban J connectivity index is 2.02. The summed E-state index contributed by atoms with van der Waals surface area (Å²) in [7, 11) is 0.779. The maximum Gasteiger partial charge on any atom is 0.0794 e. The van der Waals surface area contributed by atoms with Gasteiger partial charge in [-0.2, -0.15) is 0 Å². The molecule has 0 saturated carbocycles. The highest BCUT2D eigenvalue weighted by molar-refractivity contribution is 6.99. The van der Waals surface area contributed by atoms with Gasteiger partial charge in [-0.05, 0) is 25.9 Å². The van der Waals surface area contributed by atoms with E-state index in [-0.39, 0.29) is 0 Å². The molecule has 0 atom stereocenters. The van der Waals surface area contributed by atoms with Crippen LogP contribution in [-0.2, 0) is 0 Å². The van der Waals surface area contributed by atoms with Crippen LogP contribution in [0.25, 0.3) is 0 Å². The van der Waals surface area contributed by atoms with E-state index in [9.17, 15) is 0 Å². The normalized spacial score (nSPS) is 23.7. The van der Waals surface area contributed by atoms with Crippen LogP contribution < -0.4 is 0 Å². The summed E-state index contributed by atoms with van der Waals surface area (Å²) in [5.74, 6) is 0. The quantitative estimate of drug-likeness (QED) is 0.546. The summed E-state index contributed by atoms with van der Waals surface area (Å²) >= 11 is 0. The van der Waals surface area contributed by atoms with Gasteiger partial charge in [-0.1, -0.05) is 19.4 Å². The van der Waals surface area contributed by atoms with Crippen LogP contribution in [0.3, 0.4) is 0 Å². The predicted molar refractivity (Wildman–Crippen MR) is 53.0 cm³/mol. The van der Waals surface area contributed by atoms with Crippen LogP contribution in [0.15, 0.2) is 0 Å². The van der Waals surface area contributed by atoms with Crippen molar-refractivity contribution >= 4 is 18.2 Å². The van der Waals surface area contributed by atoms with Crippen LogP contribution in [0, 0.1) is 0 Å². The highest BCUT2D eigenvalue weighted by Gasteiger charge is 2.08. The van der Waals surface area contributed by atoms with Crippen molar-refractivity contribution in [3.63, 3.8) is 0 Å². The summed E-state index contributed by atoms with van der Waals surface area (Å²) in [5, 5.41) is 0. The molecule has 1 heterocycles. The average molecular weight is 173 g/mol. The fraction of sp³-hybridized carbons (Fsp3) is 1.00. The second-order valence-electron chi connectivity index (χ2n) is 3.26.